The van der Waals surface area contributed by atoms with Crippen molar-refractivity contribution in [1.29, 1.82) is 0 Å². The van der Waals surface area contributed by atoms with Crippen molar-refractivity contribution in [3.8, 4) is 11.8 Å². The number of hydrogen-bond acceptors (Lipinski definition) is 6. The van der Waals surface area contributed by atoms with Crippen LogP contribution in [0.1, 0.15) is 64.9 Å². The molecule has 0 aliphatic heterocycles. The molecule has 0 radical (unpaired) electrons. The van der Waals surface area contributed by atoms with Crippen LogP contribution in [0.25, 0.3) is 10.9 Å². The minimum absolute atomic E-state index is 0.248. The van der Waals surface area contributed by atoms with E-state index >= 15 is 0 Å². The number of rotatable bonds is 4. The van der Waals surface area contributed by atoms with Gasteiger partial charge >= 0.3 is 0 Å². The number of aromatic nitrogens is 3. The Morgan fingerprint density at radius 3 is 2.42 bits per heavy atom. The molecule has 166 valence electrons. The number of nitrogens with zero attached hydrogens (tertiary/aromatic N) is 3. The van der Waals surface area contributed by atoms with Crippen molar-refractivity contribution in [2.45, 2.75) is 89.6 Å². The topological polar surface area (TPSA) is 86.0 Å². The van der Waals surface area contributed by atoms with E-state index in [-0.39, 0.29) is 5.04 Å². The van der Waals surface area contributed by atoms with Crippen molar-refractivity contribution in [3.63, 3.8) is 0 Å². The molecular formula is C24H35N5OSi. The largest absolute Gasteiger partial charge is 0.414 e. The molecule has 2 aliphatic carbocycles. The predicted molar refractivity (Wildman–Crippen MR) is 129 cm³/mol. The zero-order chi connectivity index (χ0) is 22.2. The molecule has 2 aromatic heterocycles. The Morgan fingerprint density at radius 1 is 1.06 bits per heavy atom. The Labute approximate surface area is 186 Å². The SMILES string of the molecule is CC(C)(C)[Si](C)(C)OC1CCC(Nc2ncc3c(N)ncc(C#CC4CC4)c3n2)CC1. The highest BCUT2D eigenvalue weighted by molar-refractivity contribution is 6.74. The zero-order valence-electron chi connectivity index (χ0n) is 19.5. The number of nitrogen functional groups attached to an aromatic ring is 1. The van der Waals surface area contributed by atoms with Gasteiger partial charge < -0.3 is 15.5 Å². The van der Waals surface area contributed by atoms with E-state index < -0.39 is 8.32 Å². The fourth-order valence-electron chi connectivity index (χ4n) is 3.71. The van der Waals surface area contributed by atoms with Crippen LogP contribution in [0.2, 0.25) is 18.1 Å². The average Bonchev–Trinajstić information content (AvgIpc) is 3.52. The van der Waals surface area contributed by atoms with Crippen LogP contribution >= 0.6 is 0 Å². The van der Waals surface area contributed by atoms with Gasteiger partial charge in [-0.1, -0.05) is 32.6 Å². The smallest absolute Gasteiger partial charge is 0.223 e. The highest BCUT2D eigenvalue weighted by atomic mass is 28.4. The van der Waals surface area contributed by atoms with Crippen molar-refractivity contribution < 1.29 is 4.43 Å². The lowest BCUT2D eigenvalue weighted by atomic mass is 9.93. The molecule has 4 rings (SSSR count). The molecule has 0 amide bonds. The van der Waals surface area contributed by atoms with Gasteiger partial charge in [0.1, 0.15) is 5.82 Å². The maximum atomic E-state index is 6.62. The molecule has 7 heteroatoms. The van der Waals surface area contributed by atoms with Gasteiger partial charge in [-0.15, -0.1) is 0 Å². The normalized spacial score (nSPS) is 22.1. The lowest BCUT2D eigenvalue weighted by Crippen LogP contribution is -2.45. The zero-order valence-corrected chi connectivity index (χ0v) is 20.5. The summed E-state index contributed by atoms with van der Waals surface area (Å²) in [5.74, 6) is 8.16. The van der Waals surface area contributed by atoms with Gasteiger partial charge in [-0.2, -0.15) is 0 Å². The highest BCUT2D eigenvalue weighted by Gasteiger charge is 2.39. The summed E-state index contributed by atoms with van der Waals surface area (Å²) in [6.45, 7) is 11.6. The summed E-state index contributed by atoms with van der Waals surface area (Å²) < 4.78 is 6.62. The first kappa shape index (κ1) is 22.0. The van der Waals surface area contributed by atoms with Crippen LogP contribution in [0.3, 0.4) is 0 Å². The third-order valence-corrected chi connectivity index (χ3v) is 11.5. The number of hydrogen-bond donors (Lipinski definition) is 2. The van der Waals surface area contributed by atoms with Crippen molar-refractivity contribution in [2.24, 2.45) is 5.92 Å². The van der Waals surface area contributed by atoms with Crippen LogP contribution in [0, 0.1) is 17.8 Å². The monoisotopic (exact) mass is 437 g/mol. The molecule has 2 aromatic rings. The lowest BCUT2D eigenvalue weighted by Gasteiger charge is -2.41. The van der Waals surface area contributed by atoms with Gasteiger partial charge in [0, 0.05) is 30.5 Å². The molecule has 0 saturated heterocycles. The van der Waals surface area contributed by atoms with Crippen LogP contribution in [0.15, 0.2) is 12.4 Å². The summed E-state index contributed by atoms with van der Waals surface area (Å²) in [6.07, 6.45) is 10.5. The van der Waals surface area contributed by atoms with Gasteiger partial charge in [-0.3, -0.25) is 0 Å². The minimum atomic E-state index is -1.72. The van der Waals surface area contributed by atoms with Crippen molar-refractivity contribution in [3.05, 3.63) is 18.0 Å². The second kappa shape index (κ2) is 8.40. The van der Waals surface area contributed by atoms with Crippen molar-refractivity contribution in [1.82, 2.24) is 15.0 Å². The summed E-state index contributed by atoms with van der Waals surface area (Å²) in [4.78, 5) is 13.5. The number of anilines is 2. The summed E-state index contributed by atoms with van der Waals surface area (Å²) in [7, 11) is -1.72. The van der Waals surface area contributed by atoms with Crippen LogP contribution in [0.4, 0.5) is 11.8 Å². The molecule has 0 atom stereocenters. The second-order valence-corrected chi connectivity index (χ2v) is 15.3. The van der Waals surface area contributed by atoms with Crippen LogP contribution in [0.5, 0.6) is 0 Å². The quantitative estimate of drug-likeness (QED) is 0.510. The first-order chi connectivity index (χ1) is 14.6. The maximum Gasteiger partial charge on any atom is 0.223 e. The molecule has 2 fully saturated rings. The fourth-order valence-corrected chi connectivity index (χ4v) is 5.13. The van der Waals surface area contributed by atoms with Crippen LogP contribution in [-0.2, 0) is 4.43 Å². The van der Waals surface area contributed by atoms with Crippen LogP contribution < -0.4 is 11.1 Å². The summed E-state index contributed by atoms with van der Waals surface area (Å²) in [5, 5.41) is 4.55. The van der Waals surface area contributed by atoms with Gasteiger partial charge in [0.2, 0.25) is 5.95 Å². The standard InChI is InChI=1S/C24H35N5OSi/c1-24(2,3)31(4,5)30-19-12-10-18(11-13-19)28-23-27-15-20-21(29-23)17(14-26-22(20)25)9-8-16-6-7-16/h14-16,18-19H,6-7,10-13H2,1-5H3,(H2,25,26)(H,27,28,29). The van der Waals surface area contributed by atoms with E-state index in [1.54, 1.807) is 12.4 Å². The Kier molecular flexibility index (Phi) is 5.97. The number of fused-ring (bicyclic) bond motifs is 1. The molecule has 2 aliphatic rings. The van der Waals surface area contributed by atoms with Gasteiger partial charge in [0.25, 0.3) is 0 Å². The highest BCUT2D eigenvalue weighted by Crippen LogP contribution is 2.39. The van der Waals surface area contributed by atoms with Gasteiger partial charge in [-0.05, 0) is 56.7 Å². The van der Waals surface area contributed by atoms with Crippen molar-refractivity contribution >= 4 is 31.0 Å². The van der Waals surface area contributed by atoms with Gasteiger partial charge in [0.05, 0.1) is 16.5 Å². The fraction of sp³-hybridized carbons (Fsp3) is 0.625. The molecule has 3 N–H and O–H groups in total. The molecule has 2 heterocycles. The van der Waals surface area contributed by atoms with E-state index in [1.165, 1.54) is 12.8 Å². The lowest BCUT2D eigenvalue weighted by molar-refractivity contribution is 0.133. The second-order valence-electron chi connectivity index (χ2n) is 10.6. The van der Waals surface area contributed by atoms with E-state index in [4.69, 9.17) is 15.1 Å². The molecule has 0 unspecified atom stereocenters. The molecule has 6 nitrogen and oxygen atoms in total. The van der Waals surface area contributed by atoms with Gasteiger partial charge in [-0.25, -0.2) is 15.0 Å². The Balaban J connectivity index is 1.43. The Bertz CT molecular complexity index is 1010. The van der Waals surface area contributed by atoms with E-state index in [9.17, 15) is 0 Å². The molecule has 2 saturated carbocycles. The Hall–Kier alpha value is -2.17. The minimum Gasteiger partial charge on any atom is -0.414 e. The van der Waals surface area contributed by atoms with Gasteiger partial charge in [0.15, 0.2) is 8.32 Å². The first-order valence-electron chi connectivity index (χ1n) is 11.5. The predicted octanol–water partition coefficient (Wildman–Crippen LogP) is 5.11. The third kappa shape index (κ3) is 5.19. The third-order valence-electron chi connectivity index (χ3n) is 6.92. The maximum absolute atomic E-state index is 6.62. The molecular weight excluding hydrogens is 402 g/mol. The molecule has 0 bridgehead atoms. The molecule has 0 spiro atoms. The molecule has 31 heavy (non-hydrogen) atoms. The van der Waals surface area contributed by atoms with E-state index in [0.29, 0.717) is 29.8 Å². The van der Waals surface area contributed by atoms with E-state index in [1.807, 2.05) is 0 Å². The summed E-state index contributed by atoms with van der Waals surface area (Å²) >= 11 is 0. The summed E-state index contributed by atoms with van der Waals surface area (Å²) in [6, 6.07) is 0.358. The van der Waals surface area contributed by atoms with Crippen LogP contribution in [-0.4, -0.2) is 35.4 Å². The first-order valence-corrected chi connectivity index (χ1v) is 14.4. The average molecular weight is 438 g/mol. The number of pyridine rings is 1. The summed E-state index contributed by atoms with van der Waals surface area (Å²) in [5.41, 5.74) is 7.67. The number of nitrogens with two attached hydrogens (primary N) is 1. The van der Waals surface area contributed by atoms with E-state index in [0.717, 1.165) is 42.1 Å². The molecule has 0 aromatic carbocycles. The Morgan fingerprint density at radius 2 is 1.77 bits per heavy atom. The van der Waals surface area contributed by atoms with Crippen molar-refractivity contribution in [2.75, 3.05) is 11.1 Å². The van der Waals surface area contributed by atoms with E-state index in [2.05, 4.69) is 61.0 Å². The number of nitrogens with one attached hydrogen (secondary N) is 1.